The van der Waals surface area contributed by atoms with Gasteiger partial charge in [0.05, 0.1) is 7.11 Å². The molecule has 0 bridgehead atoms. The van der Waals surface area contributed by atoms with Gasteiger partial charge in [-0.15, -0.1) is 49.6 Å². The highest BCUT2D eigenvalue weighted by atomic mass is 127. The minimum atomic E-state index is -0.232. The van der Waals surface area contributed by atoms with Crippen molar-refractivity contribution in [1.29, 1.82) is 0 Å². The minimum Gasteiger partial charge on any atom is -0.497 e. The summed E-state index contributed by atoms with van der Waals surface area (Å²) in [5.74, 6) is 4.10. The maximum Gasteiger partial charge on any atom is 0.123 e. The SMILES string of the molecule is CCN.COc1cccc(COc2ccc(CCN)cc2)c1.Cc1cc(I)cc(COc2ccc(CCN)cc2)c1.Cc1ccc(COc2ccccc2)cc1.Cl.Cl.Cl.Cl.NCCc1ccc(OCc2ccc(F)cc2)cc1. The molecule has 8 aromatic carbocycles. The molecule has 0 radical (unpaired) electrons. The number of aryl methyl sites for hydroxylation is 2. The highest BCUT2D eigenvalue weighted by molar-refractivity contribution is 14.1. The number of hydrogen-bond donors (Lipinski definition) is 4. The van der Waals surface area contributed by atoms with Crippen LogP contribution in [0.1, 0.15) is 57.0 Å². The molecule has 0 heterocycles. The zero-order valence-electron chi connectivity index (χ0n) is 45.0. The van der Waals surface area contributed by atoms with Crippen LogP contribution in [0.25, 0.3) is 0 Å². The van der Waals surface area contributed by atoms with E-state index in [-0.39, 0.29) is 55.4 Å². The molecule has 8 aromatic rings. The van der Waals surface area contributed by atoms with Crippen LogP contribution in [0.2, 0.25) is 0 Å². The van der Waals surface area contributed by atoms with Crippen LogP contribution in [0.15, 0.2) is 194 Å². The molecular formula is C63H78Cl4FIN4O5. The number of nitrogens with two attached hydrogens (primary N) is 4. The van der Waals surface area contributed by atoms with Crippen molar-refractivity contribution < 1.29 is 28.1 Å². The van der Waals surface area contributed by atoms with Crippen molar-refractivity contribution in [3.63, 3.8) is 0 Å². The van der Waals surface area contributed by atoms with E-state index in [4.69, 9.17) is 46.6 Å². The summed E-state index contributed by atoms with van der Waals surface area (Å²) in [5, 5.41) is 0. The largest absolute Gasteiger partial charge is 0.497 e. The Hall–Kier alpha value is -5.58. The second kappa shape index (κ2) is 43.3. The van der Waals surface area contributed by atoms with Crippen LogP contribution in [0.5, 0.6) is 28.7 Å². The first-order valence-electron chi connectivity index (χ1n) is 24.8. The van der Waals surface area contributed by atoms with Gasteiger partial charge in [-0.3, -0.25) is 0 Å². The summed E-state index contributed by atoms with van der Waals surface area (Å²) in [4.78, 5) is 0. The number of benzene rings is 8. The first-order chi connectivity index (χ1) is 36.0. The molecule has 0 aromatic heterocycles. The predicted octanol–water partition coefficient (Wildman–Crippen LogP) is 14.6. The van der Waals surface area contributed by atoms with E-state index in [0.717, 1.165) is 65.7 Å². The Bertz CT molecular complexity index is 2710. The van der Waals surface area contributed by atoms with E-state index >= 15 is 0 Å². The Morgan fingerprint density at radius 3 is 1.13 bits per heavy atom. The standard InChI is InChI=1S/C16H18INO.C16H19NO2.C15H16FNO.C14H14O.C2H7N.4ClH/c1-12-8-14(10-15(17)9-12)11-19-16-4-2-13(3-5-16)6-7-18;1-18-16-4-2-3-14(11-16)12-19-15-7-5-13(6-8-15)9-10-17;16-14-5-1-13(2-6-14)11-18-15-7-3-12(4-8-15)9-10-17;1-12-7-9-13(10-8-12)11-15-14-5-3-2-4-6-14;1-2-3;;;;/h2-5,8-10H,6-7,11,18H2,1H3;2-8,11H,9-10,12,17H2,1H3;1-8H,9-11,17H2;2-10H,11H2,1H3;2-3H2,1H3;4*1H. The average molecular weight is 1260 g/mol. The summed E-state index contributed by atoms with van der Waals surface area (Å²) in [6, 6.07) is 63.0. The molecule has 0 aliphatic carbocycles. The smallest absolute Gasteiger partial charge is 0.123 e. The molecule has 0 saturated carbocycles. The third-order valence-electron chi connectivity index (χ3n) is 10.7. The molecule has 0 amide bonds. The molecule has 0 saturated heterocycles. The highest BCUT2D eigenvalue weighted by Gasteiger charge is 2.03. The predicted molar refractivity (Wildman–Crippen MR) is 340 cm³/mol. The van der Waals surface area contributed by atoms with Crippen molar-refractivity contribution in [3.8, 4) is 28.7 Å². The molecular weight excluding hydrogens is 1180 g/mol. The van der Waals surface area contributed by atoms with Crippen LogP contribution < -0.4 is 46.6 Å². The van der Waals surface area contributed by atoms with Gasteiger partial charge in [0, 0.05) is 3.57 Å². The van der Waals surface area contributed by atoms with Crippen LogP contribution in [-0.2, 0) is 45.7 Å². The van der Waals surface area contributed by atoms with Gasteiger partial charge in [-0.1, -0.05) is 122 Å². The van der Waals surface area contributed by atoms with Crippen molar-refractivity contribution in [2.75, 3.05) is 33.3 Å². The van der Waals surface area contributed by atoms with Gasteiger partial charge in [0.25, 0.3) is 0 Å². The van der Waals surface area contributed by atoms with Gasteiger partial charge in [-0.25, -0.2) is 4.39 Å². The lowest BCUT2D eigenvalue weighted by molar-refractivity contribution is 0.305. The molecule has 0 aliphatic heterocycles. The fourth-order valence-electron chi connectivity index (χ4n) is 6.86. The molecule has 0 unspecified atom stereocenters. The Labute approximate surface area is 501 Å². The topological polar surface area (TPSA) is 150 Å². The summed E-state index contributed by atoms with van der Waals surface area (Å²) >= 11 is 2.33. The number of para-hydroxylation sites is 1. The van der Waals surface area contributed by atoms with Crippen LogP contribution in [-0.4, -0.2) is 33.3 Å². The van der Waals surface area contributed by atoms with Crippen LogP contribution in [0.3, 0.4) is 0 Å². The average Bonchev–Trinajstić information content (AvgIpc) is 3.42. The maximum absolute atomic E-state index is 12.7. The highest BCUT2D eigenvalue weighted by Crippen LogP contribution is 2.20. The lowest BCUT2D eigenvalue weighted by atomic mass is 10.1. The van der Waals surface area contributed by atoms with Crippen LogP contribution >= 0.6 is 72.2 Å². The van der Waals surface area contributed by atoms with Crippen molar-refractivity contribution in [2.45, 2.75) is 66.5 Å². The molecule has 0 spiro atoms. The second-order valence-electron chi connectivity index (χ2n) is 17.0. The molecule has 9 nitrogen and oxygen atoms in total. The van der Waals surface area contributed by atoms with Crippen molar-refractivity contribution in [3.05, 3.63) is 254 Å². The van der Waals surface area contributed by atoms with Crippen molar-refractivity contribution >= 4 is 72.2 Å². The Balaban J connectivity index is 0.000000982. The lowest BCUT2D eigenvalue weighted by Crippen LogP contribution is -2.02. The number of methoxy groups -OCH3 is 1. The van der Waals surface area contributed by atoms with Gasteiger partial charge in [-0.2, -0.15) is 0 Å². The van der Waals surface area contributed by atoms with Crippen LogP contribution in [0.4, 0.5) is 4.39 Å². The van der Waals surface area contributed by atoms with Gasteiger partial charge >= 0.3 is 0 Å². The summed E-state index contributed by atoms with van der Waals surface area (Å²) in [5.41, 5.74) is 32.0. The summed E-state index contributed by atoms with van der Waals surface area (Å²) in [6.45, 7) is 11.1. The Kier molecular flexibility index (Phi) is 40.2. The normalized spacial score (nSPS) is 9.56. The van der Waals surface area contributed by atoms with E-state index in [0.29, 0.717) is 46.1 Å². The zero-order valence-corrected chi connectivity index (χ0v) is 50.4. The summed E-state index contributed by atoms with van der Waals surface area (Å²) < 4.78 is 41.9. The number of rotatable bonds is 19. The molecule has 8 rings (SSSR count). The number of halogens is 6. The van der Waals surface area contributed by atoms with Gasteiger partial charge in [-0.05, 0) is 211 Å². The van der Waals surface area contributed by atoms with E-state index in [1.54, 1.807) is 19.2 Å². The molecule has 0 aliphatic rings. The monoisotopic (exact) mass is 1260 g/mol. The Morgan fingerprint density at radius 1 is 0.372 bits per heavy atom. The Morgan fingerprint density at radius 2 is 0.731 bits per heavy atom. The minimum absolute atomic E-state index is 0. The van der Waals surface area contributed by atoms with Gasteiger partial charge in [0.2, 0.25) is 0 Å². The molecule has 422 valence electrons. The van der Waals surface area contributed by atoms with Gasteiger partial charge in [0.15, 0.2) is 0 Å². The first kappa shape index (κ1) is 72.4. The zero-order chi connectivity index (χ0) is 53.2. The fourth-order valence-corrected chi connectivity index (χ4v) is 7.75. The summed E-state index contributed by atoms with van der Waals surface area (Å²) in [6.07, 6.45) is 2.69. The van der Waals surface area contributed by atoms with Crippen molar-refractivity contribution in [2.24, 2.45) is 22.9 Å². The van der Waals surface area contributed by atoms with E-state index in [1.165, 1.54) is 54.6 Å². The molecule has 0 atom stereocenters. The maximum atomic E-state index is 12.7. The summed E-state index contributed by atoms with van der Waals surface area (Å²) in [7, 11) is 1.66. The van der Waals surface area contributed by atoms with E-state index in [1.807, 2.05) is 122 Å². The number of ether oxygens (including phenoxy) is 5. The van der Waals surface area contributed by atoms with E-state index < -0.39 is 0 Å². The van der Waals surface area contributed by atoms with Gasteiger partial charge in [0.1, 0.15) is 61.0 Å². The third kappa shape index (κ3) is 30.5. The molecule has 78 heavy (non-hydrogen) atoms. The number of hydrogen-bond acceptors (Lipinski definition) is 9. The fraction of sp³-hybridized carbons (Fsp3) is 0.238. The van der Waals surface area contributed by atoms with E-state index in [2.05, 4.69) is 91.0 Å². The molecule has 0 fully saturated rings. The first-order valence-corrected chi connectivity index (χ1v) is 25.9. The van der Waals surface area contributed by atoms with Gasteiger partial charge < -0.3 is 46.6 Å². The third-order valence-corrected chi connectivity index (χ3v) is 11.3. The quantitative estimate of drug-likeness (QED) is 0.0580. The van der Waals surface area contributed by atoms with Crippen molar-refractivity contribution in [1.82, 2.24) is 0 Å². The lowest BCUT2D eigenvalue weighted by Gasteiger charge is -2.08. The van der Waals surface area contributed by atoms with Crippen LogP contribution in [0, 0.1) is 23.2 Å². The van der Waals surface area contributed by atoms with E-state index in [9.17, 15) is 4.39 Å². The molecule has 8 N–H and O–H groups in total. The second-order valence-corrected chi connectivity index (χ2v) is 18.3. The molecule has 15 heteroatoms.